The third-order valence-electron chi connectivity index (χ3n) is 3.63. The summed E-state index contributed by atoms with van der Waals surface area (Å²) in [5.74, 6) is 0.241. The number of nitrogens with zero attached hydrogens (tertiary/aromatic N) is 2. The maximum Gasteiger partial charge on any atom is 0.164 e. The van der Waals surface area contributed by atoms with E-state index in [4.69, 9.17) is 0 Å². The molecule has 0 aromatic heterocycles. The Hall–Kier alpha value is -0.710. The maximum absolute atomic E-state index is 12.1. The molecule has 0 amide bonds. The summed E-state index contributed by atoms with van der Waals surface area (Å²) >= 11 is 3.39. The molecule has 0 atom stereocenters. The number of rotatable bonds is 4. The van der Waals surface area contributed by atoms with Gasteiger partial charge in [0.15, 0.2) is 5.78 Å². The molecular weight excluding hydrogens is 304 g/mol. The minimum atomic E-state index is 0.241. The van der Waals surface area contributed by atoms with Crippen molar-refractivity contribution in [1.82, 2.24) is 9.80 Å². The van der Waals surface area contributed by atoms with Crippen LogP contribution in [0, 0.1) is 0 Å². The topological polar surface area (TPSA) is 23.6 Å². The zero-order chi connectivity index (χ0) is 13.7. The molecule has 1 fully saturated rings. The molecule has 0 saturated carbocycles. The predicted molar refractivity (Wildman–Crippen MR) is 81.6 cm³/mol. The fraction of sp³-hybridized carbons (Fsp3) is 0.533. The second-order valence-electron chi connectivity index (χ2n) is 5.18. The van der Waals surface area contributed by atoms with Gasteiger partial charge in [0.1, 0.15) is 0 Å². The lowest BCUT2D eigenvalue weighted by Crippen LogP contribution is -2.30. The van der Waals surface area contributed by atoms with Gasteiger partial charge in [0.2, 0.25) is 0 Å². The minimum Gasteiger partial charge on any atom is -0.305 e. The largest absolute Gasteiger partial charge is 0.305 e. The summed E-state index contributed by atoms with van der Waals surface area (Å²) in [6.07, 6.45) is 1.81. The van der Waals surface area contributed by atoms with Crippen LogP contribution in [0.5, 0.6) is 0 Å². The van der Waals surface area contributed by atoms with Gasteiger partial charge < -0.3 is 9.80 Å². The Labute approximate surface area is 123 Å². The van der Waals surface area contributed by atoms with Crippen LogP contribution in [-0.2, 0) is 0 Å². The summed E-state index contributed by atoms with van der Waals surface area (Å²) in [4.78, 5) is 16.9. The standard InChI is InChI=1S/C15H21BrN2O/c1-17-8-2-9-18(12-11-17)10-7-15(19)13-3-5-14(16)6-4-13/h3-6H,2,7-12H2,1H3. The summed E-state index contributed by atoms with van der Waals surface area (Å²) < 4.78 is 1.01. The fourth-order valence-electron chi connectivity index (χ4n) is 2.36. The molecule has 19 heavy (non-hydrogen) atoms. The van der Waals surface area contributed by atoms with Gasteiger partial charge in [0.05, 0.1) is 0 Å². The van der Waals surface area contributed by atoms with E-state index in [1.54, 1.807) is 0 Å². The van der Waals surface area contributed by atoms with E-state index < -0.39 is 0 Å². The second kappa shape index (κ2) is 7.17. The molecule has 0 aliphatic carbocycles. The number of carbonyl (C=O) groups is 1. The highest BCUT2D eigenvalue weighted by atomic mass is 79.9. The van der Waals surface area contributed by atoms with E-state index >= 15 is 0 Å². The molecule has 1 aromatic carbocycles. The highest BCUT2D eigenvalue weighted by molar-refractivity contribution is 9.10. The Bertz CT molecular complexity index is 419. The normalized spacial score (nSPS) is 18.2. The van der Waals surface area contributed by atoms with E-state index in [1.807, 2.05) is 24.3 Å². The van der Waals surface area contributed by atoms with Crippen molar-refractivity contribution in [1.29, 1.82) is 0 Å². The molecule has 4 heteroatoms. The molecule has 0 unspecified atom stereocenters. The molecular formula is C15H21BrN2O. The van der Waals surface area contributed by atoms with Crippen molar-refractivity contribution in [3.8, 4) is 0 Å². The van der Waals surface area contributed by atoms with E-state index in [0.29, 0.717) is 6.42 Å². The van der Waals surface area contributed by atoms with Gasteiger partial charge in [-0.3, -0.25) is 4.79 Å². The Balaban J connectivity index is 1.81. The Morgan fingerprint density at radius 2 is 1.89 bits per heavy atom. The quantitative estimate of drug-likeness (QED) is 0.795. The van der Waals surface area contributed by atoms with Crippen LogP contribution >= 0.6 is 15.9 Å². The summed E-state index contributed by atoms with van der Waals surface area (Å²) in [7, 11) is 2.16. The first-order chi connectivity index (χ1) is 9.15. The first-order valence-corrected chi connectivity index (χ1v) is 7.64. The van der Waals surface area contributed by atoms with Crippen LogP contribution in [0.3, 0.4) is 0 Å². The van der Waals surface area contributed by atoms with Crippen molar-refractivity contribution >= 4 is 21.7 Å². The van der Waals surface area contributed by atoms with Gasteiger partial charge in [-0.15, -0.1) is 0 Å². The number of hydrogen-bond donors (Lipinski definition) is 0. The molecule has 104 valence electrons. The summed E-state index contributed by atoms with van der Waals surface area (Å²) in [6, 6.07) is 7.63. The van der Waals surface area contributed by atoms with Gasteiger partial charge in [-0.2, -0.15) is 0 Å². The monoisotopic (exact) mass is 324 g/mol. The van der Waals surface area contributed by atoms with Gasteiger partial charge in [-0.25, -0.2) is 0 Å². The highest BCUT2D eigenvalue weighted by Gasteiger charge is 2.13. The Kier molecular flexibility index (Phi) is 5.55. The average molecular weight is 325 g/mol. The number of hydrogen-bond acceptors (Lipinski definition) is 3. The lowest BCUT2D eigenvalue weighted by molar-refractivity contribution is 0.0965. The van der Waals surface area contributed by atoms with Crippen molar-refractivity contribution < 1.29 is 4.79 Å². The number of ketones is 1. The first-order valence-electron chi connectivity index (χ1n) is 6.85. The van der Waals surface area contributed by atoms with E-state index in [1.165, 1.54) is 6.42 Å². The zero-order valence-electron chi connectivity index (χ0n) is 11.4. The molecule has 0 bridgehead atoms. The van der Waals surface area contributed by atoms with E-state index in [0.717, 1.165) is 42.8 Å². The van der Waals surface area contributed by atoms with Crippen molar-refractivity contribution in [2.75, 3.05) is 39.8 Å². The van der Waals surface area contributed by atoms with Crippen molar-refractivity contribution in [2.45, 2.75) is 12.8 Å². The number of likely N-dealkylation sites (N-methyl/N-ethyl adjacent to an activating group) is 1. The van der Waals surface area contributed by atoms with Crippen LogP contribution in [-0.4, -0.2) is 55.4 Å². The Morgan fingerprint density at radius 1 is 1.16 bits per heavy atom. The van der Waals surface area contributed by atoms with Crippen molar-refractivity contribution in [2.24, 2.45) is 0 Å². The average Bonchev–Trinajstić information content (AvgIpc) is 2.61. The van der Waals surface area contributed by atoms with Crippen LogP contribution in [0.4, 0.5) is 0 Å². The van der Waals surface area contributed by atoms with E-state index in [9.17, 15) is 4.79 Å². The van der Waals surface area contributed by atoms with E-state index in [2.05, 4.69) is 32.8 Å². The first kappa shape index (κ1) is 14.7. The molecule has 1 aromatic rings. The number of Topliss-reactive ketones (excluding diaryl/α,β-unsaturated/α-hetero) is 1. The van der Waals surface area contributed by atoms with Crippen LogP contribution in [0.15, 0.2) is 28.7 Å². The van der Waals surface area contributed by atoms with Crippen molar-refractivity contribution in [3.63, 3.8) is 0 Å². The Morgan fingerprint density at radius 3 is 2.63 bits per heavy atom. The molecule has 1 saturated heterocycles. The van der Waals surface area contributed by atoms with E-state index in [-0.39, 0.29) is 5.78 Å². The third kappa shape index (κ3) is 4.71. The van der Waals surface area contributed by atoms with Crippen LogP contribution in [0.2, 0.25) is 0 Å². The molecule has 1 aliphatic rings. The lowest BCUT2D eigenvalue weighted by Gasteiger charge is -2.19. The van der Waals surface area contributed by atoms with Gasteiger partial charge >= 0.3 is 0 Å². The maximum atomic E-state index is 12.1. The number of halogens is 1. The van der Waals surface area contributed by atoms with Gasteiger partial charge in [0.25, 0.3) is 0 Å². The lowest BCUT2D eigenvalue weighted by atomic mass is 10.1. The summed E-state index contributed by atoms with van der Waals surface area (Å²) in [6.45, 7) is 5.33. The molecule has 1 aliphatic heterocycles. The number of carbonyl (C=O) groups excluding carboxylic acids is 1. The van der Waals surface area contributed by atoms with Gasteiger partial charge in [-0.05, 0) is 38.7 Å². The molecule has 0 N–H and O–H groups in total. The fourth-order valence-corrected chi connectivity index (χ4v) is 2.63. The van der Waals surface area contributed by atoms with Crippen molar-refractivity contribution in [3.05, 3.63) is 34.3 Å². The summed E-state index contributed by atoms with van der Waals surface area (Å²) in [5.41, 5.74) is 0.815. The second-order valence-corrected chi connectivity index (χ2v) is 6.09. The molecule has 0 spiro atoms. The summed E-state index contributed by atoms with van der Waals surface area (Å²) in [5, 5.41) is 0. The molecule has 3 nitrogen and oxygen atoms in total. The highest BCUT2D eigenvalue weighted by Crippen LogP contribution is 2.12. The number of benzene rings is 1. The molecule has 1 heterocycles. The minimum absolute atomic E-state index is 0.241. The molecule has 2 rings (SSSR count). The van der Waals surface area contributed by atoms with Crippen LogP contribution < -0.4 is 0 Å². The van der Waals surface area contributed by atoms with Gasteiger partial charge in [-0.1, -0.05) is 28.1 Å². The predicted octanol–water partition coefficient (Wildman–Crippen LogP) is 2.66. The SMILES string of the molecule is CN1CCCN(CCC(=O)c2ccc(Br)cc2)CC1. The van der Waals surface area contributed by atoms with Gasteiger partial charge in [0, 0.05) is 36.1 Å². The smallest absolute Gasteiger partial charge is 0.164 e. The molecule has 0 radical (unpaired) electrons. The zero-order valence-corrected chi connectivity index (χ0v) is 13.0. The van der Waals surface area contributed by atoms with Crippen LogP contribution in [0.1, 0.15) is 23.2 Å². The van der Waals surface area contributed by atoms with Crippen LogP contribution in [0.25, 0.3) is 0 Å². The third-order valence-corrected chi connectivity index (χ3v) is 4.16.